The van der Waals surface area contributed by atoms with E-state index < -0.39 is 0 Å². The highest BCUT2D eigenvalue weighted by atomic mass is 32.1. The number of likely N-dealkylation sites (tertiary alicyclic amines) is 1. The molecule has 4 aromatic carbocycles. The van der Waals surface area contributed by atoms with Gasteiger partial charge in [-0.25, -0.2) is 14.8 Å². The third kappa shape index (κ3) is 5.62. The molecule has 9 atom stereocenters. The number of hydrogen-bond acceptors (Lipinski definition) is 5. The summed E-state index contributed by atoms with van der Waals surface area (Å²) in [7, 11) is 2.49. The van der Waals surface area contributed by atoms with E-state index in [0.717, 1.165) is 80.8 Å². The van der Waals surface area contributed by atoms with Gasteiger partial charge < -0.3 is 19.8 Å². The van der Waals surface area contributed by atoms with Gasteiger partial charge in [0.1, 0.15) is 11.6 Å². The normalized spacial score (nSPS) is 27.3. The summed E-state index contributed by atoms with van der Waals surface area (Å²) in [5.74, 6) is 3.09. The fourth-order valence-electron chi connectivity index (χ4n) is 9.77. The summed E-state index contributed by atoms with van der Waals surface area (Å²) >= 11 is 5.13. The van der Waals surface area contributed by atoms with Crippen molar-refractivity contribution in [3.05, 3.63) is 108 Å². The standard InChI is InChI=1S/C44H44N7O2PS/c1-23(25-8-6-5-7-9-25)42(52)51-36-22-31(24(36)2)39(43(51)55)41-46-33-17-15-29(19-35(33)48-41)27-12-10-26(11-13-27)28-14-16-32-34(18-28)47-40(45-32)38-21-30-20-37(30)50(38)44(53)49(3)54-4/h5-19,23-24,30-31,36-39,43,55H,4,20-22H2,1-3H3,(H,45,47)(H,46,48). The first-order valence-electron chi connectivity index (χ1n) is 19.4. The molecule has 3 aliphatic heterocycles. The number of amides is 3. The second-order valence-corrected chi connectivity index (χ2v) is 17.5. The number of imidazole rings is 2. The number of aromatic amines is 2. The van der Waals surface area contributed by atoms with E-state index >= 15 is 0 Å². The zero-order chi connectivity index (χ0) is 37.7. The summed E-state index contributed by atoms with van der Waals surface area (Å²) in [5, 5.41) is -0.240. The predicted octanol–water partition coefficient (Wildman–Crippen LogP) is 9.26. The number of carbonyl (C=O) groups excluding carboxylic acids is 2. The Morgan fingerprint density at radius 2 is 1.42 bits per heavy atom. The first kappa shape index (κ1) is 34.6. The van der Waals surface area contributed by atoms with E-state index in [2.05, 4.69) is 88.8 Å². The van der Waals surface area contributed by atoms with Crippen LogP contribution in [0.1, 0.15) is 68.2 Å². The molecule has 3 saturated heterocycles. The van der Waals surface area contributed by atoms with E-state index in [1.807, 2.05) is 42.2 Å². The molecule has 3 amide bonds. The van der Waals surface area contributed by atoms with Crippen molar-refractivity contribution >= 4 is 61.3 Å². The van der Waals surface area contributed by atoms with Crippen molar-refractivity contribution in [2.24, 2.45) is 17.8 Å². The third-order valence-corrected chi connectivity index (χ3v) is 14.3. The van der Waals surface area contributed by atoms with Gasteiger partial charge in [-0.2, -0.15) is 12.6 Å². The van der Waals surface area contributed by atoms with Crippen molar-refractivity contribution in [3.63, 3.8) is 0 Å². The van der Waals surface area contributed by atoms with Gasteiger partial charge in [-0.3, -0.25) is 9.46 Å². The minimum atomic E-state index is -0.240. The molecule has 278 valence electrons. The van der Waals surface area contributed by atoms with E-state index in [4.69, 9.17) is 22.6 Å². The van der Waals surface area contributed by atoms with Crippen molar-refractivity contribution in [2.75, 3.05) is 7.05 Å². The van der Waals surface area contributed by atoms with Crippen LogP contribution in [0.25, 0.3) is 44.3 Å². The number of piperidine rings is 3. The summed E-state index contributed by atoms with van der Waals surface area (Å²) in [5.41, 5.74) is 9.27. The molecule has 6 aromatic rings. The van der Waals surface area contributed by atoms with Gasteiger partial charge in [0.05, 0.1) is 39.4 Å². The number of H-pyrrole nitrogens is 2. The molecular weight excluding hydrogens is 722 g/mol. The predicted molar refractivity (Wildman–Crippen MR) is 223 cm³/mol. The molecular formula is C44H44N7O2PS. The lowest BCUT2D eigenvalue weighted by Gasteiger charge is -2.60. The molecule has 55 heavy (non-hydrogen) atoms. The van der Waals surface area contributed by atoms with Gasteiger partial charge in [-0.1, -0.05) is 80.0 Å². The lowest BCUT2D eigenvalue weighted by molar-refractivity contribution is -0.152. The van der Waals surface area contributed by atoms with Crippen molar-refractivity contribution in [1.82, 2.24) is 34.4 Å². The van der Waals surface area contributed by atoms with Crippen molar-refractivity contribution in [2.45, 2.75) is 68.4 Å². The van der Waals surface area contributed by atoms with Gasteiger partial charge in [-0.15, -0.1) is 0 Å². The van der Waals surface area contributed by atoms with E-state index in [0.29, 0.717) is 32.2 Å². The Hall–Kier alpha value is -4.92. The quantitative estimate of drug-likeness (QED) is 0.111. The Morgan fingerprint density at radius 1 is 0.818 bits per heavy atom. The number of aromatic nitrogens is 4. The molecule has 0 radical (unpaired) electrons. The monoisotopic (exact) mass is 765 g/mol. The van der Waals surface area contributed by atoms with Crippen molar-refractivity contribution < 1.29 is 9.59 Å². The summed E-state index contributed by atoms with van der Waals surface area (Å²) in [6.07, 6.45) is 6.88. The fourth-order valence-corrected chi connectivity index (χ4v) is 10.6. The number of nitrogens with zero attached hydrogens (tertiary/aromatic N) is 5. The molecule has 2 N–H and O–H groups in total. The SMILES string of the molecule is C=PN(C)C(=O)N1C(c2nc3ccc(-c4ccc(-c5ccc6nc(C7C8CC(C8C)N(C(=O)C(C)c8ccccc8)C7S)[nH]c6c5)cc4)cc3[nH]2)CC2CC21. The maximum atomic E-state index is 14.0. The van der Waals surface area contributed by atoms with Crippen LogP contribution in [0.3, 0.4) is 0 Å². The van der Waals surface area contributed by atoms with Crippen LogP contribution in [-0.2, 0) is 4.79 Å². The molecule has 2 aliphatic carbocycles. The van der Waals surface area contributed by atoms with Crippen LogP contribution in [0.5, 0.6) is 0 Å². The number of carbonyl (C=O) groups is 2. The molecule has 11 rings (SSSR count). The summed E-state index contributed by atoms with van der Waals surface area (Å²) in [4.78, 5) is 48.5. The summed E-state index contributed by atoms with van der Waals surface area (Å²) in [6.45, 7) is 4.28. The number of thiol groups is 1. The van der Waals surface area contributed by atoms with Crippen LogP contribution in [0.2, 0.25) is 0 Å². The Kier molecular flexibility index (Phi) is 8.23. The third-order valence-electron chi connectivity index (χ3n) is 13.1. The molecule has 2 bridgehead atoms. The maximum Gasteiger partial charge on any atom is 0.328 e. The second kappa shape index (κ2) is 13.1. The highest BCUT2D eigenvalue weighted by Gasteiger charge is 2.58. The largest absolute Gasteiger partial charge is 0.342 e. The molecule has 2 aromatic heterocycles. The Balaban J connectivity index is 0.876. The van der Waals surface area contributed by atoms with Crippen LogP contribution < -0.4 is 0 Å². The average Bonchev–Trinajstić information content (AvgIpc) is 3.51. The number of hydrogen-bond donors (Lipinski definition) is 3. The van der Waals surface area contributed by atoms with E-state index in [1.54, 1.807) is 11.7 Å². The number of rotatable bonds is 7. The maximum absolute atomic E-state index is 14.0. The number of urea groups is 1. The molecule has 5 fully saturated rings. The Morgan fingerprint density at radius 3 is 2.04 bits per heavy atom. The lowest BCUT2D eigenvalue weighted by atomic mass is 9.59. The van der Waals surface area contributed by atoms with Crippen molar-refractivity contribution in [3.8, 4) is 22.3 Å². The van der Waals surface area contributed by atoms with Crippen LogP contribution in [-0.4, -0.2) is 77.1 Å². The van der Waals surface area contributed by atoms with Crippen LogP contribution in [0.4, 0.5) is 4.79 Å². The first-order valence-corrected chi connectivity index (χ1v) is 20.9. The number of fused-ring (bicyclic) bond motifs is 5. The van der Waals surface area contributed by atoms with Gasteiger partial charge in [0.25, 0.3) is 0 Å². The Bertz CT molecular complexity index is 2480. The highest BCUT2D eigenvalue weighted by Crippen LogP contribution is 2.56. The smallest absolute Gasteiger partial charge is 0.328 e. The van der Waals surface area contributed by atoms with Gasteiger partial charge in [0.2, 0.25) is 5.91 Å². The van der Waals surface area contributed by atoms with E-state index in [-0.39, 0.29) is 41.2 Å². The number of nitrogens with one attached hydrogen (secondary N) is 2. The molecule has 0 spiro atoms. The molecule has 5 heterocycles. The zero-order valence-corrected chi connectivity index (χ0v) is 32.9. The summed E-state index contributed by atoms with van der Waals surface area (Å²) < 4.78 is 1.66. The van der Waals surface area contributed by atoms with Gasteiger partial charge >= 0.3 is 6.03 Å². The molecule has 9 unspecified atom stereocenters. The minimum Gasteiger partial charge on any atom is -0.342 e. The van der Waals surface area contributed by atoms with Gasteiger partial charge in [0, 0.05) is 33.4 Å². The van der Waals surface area contributed by atoms with Crippen LogP contribution in [0, 0.1) is 17.8 Å². The fraction of sp³-hybridized carbons (Fsp3) is 0.341. The molecule has 9 nitrogen and oxygen atoms in total. The molecule has 5 aliphatic rings. The Labute approximate surface area is 327 Å². The minimum absolute atomic E-state index is 0.0235. The van der Waals surface area contributed by atoms with Gasteiger partial charge in [0.15, 0.2) is 0 Å². The van der Waals surface area contributed by atoms with Crippen LogP contribution in [0.15, 0.2) is 91.0 Å². The average molecular weight is 766 g/mol. The topological polar surface area (TPSA) is 101 Å². The lowest BCUT2D eigenvalue weighted by Crippen LogP contribution is -2.66. The van der Waals surface area contributed by atoms with Crippen molar-refractivity contribution in [1.29, 1.82) is 0 Å². The first-order chi connectivity index (χ1) is 26.7. The highest BCUT2D eigenvalue weighted by molar-refractivity contribution is 7.81. The summed E-state index contributed by atoms with van der Waals surface area (Å²) in [6, 6.07) is 32.0. The van der Waals surface area contributed by atoms with E-state index in [9.17, 15) is 9.59 Å². The molecule has 2 saturated carbocycles. The van der Waals surface area contributed by atoms with Gasteiger partial charge in [-0.05, 0) is 96.0 Å². The zero-order valence-electron chi connectivity index (χ0n) is 31.1. The molecule has 11 heteroatoms. The van der Waals surface area contributed by atoms with E-state index in [1.165, 1.54) is 0 Å². The van der Waals surface area contributed by atoms with Crippen LogP contribution >= 0.6 is 21.0 Å². The second-order valence-electron chi connectivity index (χ2n) is 16.1. The number of benzene rings is 4.